The highest BCUT2D eigenvalue weighted by molar-refractivity contribution is 9.10. The molecular formula is C17H26BrNO2. The van der Waals surface area contributed by atoms with E-state index < -0.39 is 6.10 Å². The van der Waals surface area contributed by atoms with Crippen molar-refractivity contribution in [3.8, 4) is 0 Å². The van der Waals surface area contributed by atoms with Crippen molar-refractivity contribution in [1.82, 2.24) is 0 Å². The molecule has 0 aromatic heterocycles. The summed E-state index contributed by atoms with van der Waals surface area (Å²) >= 11 is 3.57. The average Bonchev–Trinajstić information content (AvgIpc) is 2.45. The van der Waals surface area contributed by atoms with Crippen molar-refractivity contribution >= 4 is 21.6 Å². The Morgan fingerprint density at radius 2 is 2.00 bits per heavy atom. The largest absolute Gasteiger partial charge is 0.389 e. The molecule has 0 spiro atoms. The van der Waals surface area contributed by atoms with Gasteiger partial charge in [-0.2, -0.15) is 0 Å². The predicted octanol–water partition coefficient (Wildman–Crippen LogP) is 4.19. The first-order chi connectivity index (χ1) is 10.1. The van der Waals surface area contributed by atoms with E-state index in [1.54, 1.807) is 0 Å². The van der Waals surface area contributed by atoms with E-state index >= 15 is 0 Å². The lowest BCUT2D eigenvalue weighted by Crippen LogP contribution is -2.29. The molecule has 0 heterocycles. The minimum Gasteiger partial charge on any atom is -0.389 e. The van der Waals surface area contributed by atoms with Crippen LogP contribution in [0.2, 0.25) is 0 Å². The molecule has 1 aliphatic rings. The number of anilines is 1. The smallest absolute Gasteiger partial charge is 0.0945 e. The molecule has 1 aromatic rings. The van der Waals surface area contributed by atoms with Crippen LogP contribution >= 0.6 is 15.9 Å². The zero-order valence-corrected chi connectivity index (χ0v) is 14.6. The Bertz CT molecular complexity index is 435. The van der Waals surface area contributed by atoms with Gasteiger partial charge in [-0.05, 0) is 59.8 Å². The molecule has 0 radical (unpaired) electrons. The van der Waals surface area contributed by atoms with Gasteiger partial charge in [-0.3, -0.25) is 0 Å². The molecule has 2 N–H and O–H groups in total. The Morgan fingerprint density at radius 1 is 1.29 bits per heavy atom. The molecular weight excluding hydrogens is 330 g/mol. The molecule has 1 unspecified atom stereocenters. The number of nitrogens with one attached hydrogen (secondary N) is 1. The molecule has 118 valence electrons. The number of aliphatic hydroxyl groups is 1. The highest BCUT2D eigenvalue weighted by Crippen LogP contribution is 2.27. The number of halogens is 1. The molecule has 0 bridgehead atoms. The van der Waals surface area contributed by atoms with Crippen LogP contribution in [0.25, 0.3) is 0 Å². The van der Waals surface area contributed by atoms with Gasteiger partial charge in [-0.1, -0.05) is 25.3 Å². The number of aryl methyl sites for hydroxylation is 2. The van der Waals surface area contributed by atoms with E-state index in [9.17, 15) is 5.11 Å². The van der Waals surface area contributed by atoms with Gasteiger partial charge in [0.15, 0.2) is 0 Å². The van der Waals surface area contributed by atoms with E-state index in [0.717, 1.165) is 23.0 Å². The second-order valence-electron chi connectivity index (χ2n) is 6.07. The van der Waals surface area contributed by atoms with Gasteiger partial charge in [-0.15, -0.1) is 0 Å². The summed E-state index contributed by atoms with van der Waals surface area (Å²) in [5, 5.41) is 13.4. The lowest BCUT2D eigenvalue weighted by atomic mass is 9.98. The van der Waals surface area contributed by atoms with E-state index in [1.807, 2.05) is 0 Å². The molecule has 3 nitrogen and oxygen atoms in total. The number of rotatable bonds is 6. The van der Waals surface area contributed by atoms with Gasteiger partial charge in [-0.25, -0.2) is 0 Å². The number of hydrogen-bond acceptors (Lipinski definition) is 3. The van der Waals surface area contributed by atoms with Gasteiger partial charge < -0.3 is 15.2 Å². The zero-order chi connectivity index (χ0) is 15.2. The van der Waals surface area contributed by atoms with Crippen LogP contribution in [0.5, 0.6) is 0 Å². The summed E-state index contributed by atoms with van der Waals surface area (Å²) in [7, 11) is 0. The maximum absolute atomic E-state index is 10.1. The van der Waals surface area contributed by atoms with E-state index in [4.69, 9.17) is 4.74 Å². The Morgan fingerprint density at radius 3 is 2.67 bits per heavy atom. The molecule has 4 heteroatoms. The third kappa shape index (κ3) is 5.28. The van der Waals surface area contributed by atoms with E-state index in [0.29, 0.717) is 19.3 Å². The van der Waals surface area contributed by atoms with Crippen LogP contribution in [0.4, 0.5) is 5.69 Å². The summed E-state index contributed by atoms with van der Waals surface area (Å²) < 4.78 is 6.85. The molecule has 21 heavy (non-hydrogen) atoms. The molecule has 0 amide bonds. The van der Waals surface area contributed by atoms with Crippen molar-refractivity contribution < 1.29 is 9.84 Å². The van der Waals surface area contributed by atoms with Crippen LogP contribution in [0, 0.1) is 13.8 Å². The third-order valence-electron chi connectivity index (χ3n) is 4.02. The number of aliphatic hydroxyl groups excluding tert-OH is 1. The molecule has 1 aliphatic carbocycles. The van der Waals surface area contributed by atoms with Gasteiger partial charge in [0.2, 0.25) is 0 Å². The fraction of sp³-hybridized carbons (Fsp3) is 0.647. The summed E-state index contributed by atoms with van der Waals surface area (Å²) in [4.78, 5) is 0. The summed E-state index contributed by atoms with van der Waals surface area (Å²) in [6.45, 7) is 5.08. The van der Waals surface area contributed by atoms with Crippen LogP contribution in [0.1, 0.15) is 43.2 Å². The first-order valence-electron chi connectivity index (χ1n) is 7.86. The quantitative estimate of drug-likeness (QED) is 0.803. The first kappa shape index (κ1) is 16.8. The SMILES string of the molecule is Cc1cc(C)c(NCC(O)COC2CCCCC2)c(Br)c1. The standard InChI is InChI=1S/C17H26BrNO2/c1-12-8-13(2)17(16(18)9-12)19-10-14(20)11-21-15-6-4-3-5-7-15/h8-9,14-15,19-20H,3-7,10-11H2,1-2H3. The van der Waals surface area contributed by atoms with E-state index in [1.165, 1.54) is 30.4 Å². The van der Waals surface area contributed by atoms with E-state index in [2.05, 4.69) is 47.2 Å². The first-order valence-corrected chi connectivity index (χ1v) is 8.66. The van der Waals surface area contributed by atoms with Crippen molar-refractivity contribution in [1.29, 1.82) is 0 Å². The maximum Gasteiger partial charge on any atom is 0.0945 e. The molecule has 1 atom stereocenters. The Hall–Kier alpha value is -0.580. The lowest BCUT2D eigenvalue weighted by Gasteiger charge is -2.24. The molecule has 1 saturated carbocycles. The topological polar surface area (TPSA) is 41.5 Å². The Kier molecular flexibility index (Phi) is 6.52. The normalized spacial score (nSPS) is 17.7. The minimum atomic E-state index is -0.473. The summed E-state index contributed by atoms with van der Waals surface area (Å²) in [5.74, 6) is 0. The second-order valence-corrected chi connectivity index (χ2v) is 6.92. The van der Waals surface area contributed by atoms with Crippen LogP contribution in [0.3, 0.4) is 0 Å². The van der Waals surface area contributed by atoms with Crippen molar-refractivity contribution in [2.45, 2.75) is 58.2 Å². The van der Waals surface area contributed by atoms with Crippen LogP contribution < -0.4 is 5.32 Å². The third-order valence-corrected chi connectivity index (χ3v) is 4.65. The number of ether oxygens (including phenoxy) is 1. The molecule has 0 saturated heterocycles. The van der Waals surface area contributed by atoms with Crippen LogP contribution in [-0.2, 0) is 4.74 Å². The van der Waals surface area contributed by atoms with Crippen molar-refractivity contribution in [3.05, 3.63) is 27.7 Å². The van der Waals surface area contributed by atoms with Crippen LogP contribution in [-0.4, -0.2) is 30.5 Å². The molecule has 2 rings (SSSR count). The van der Waals surface area contributed by atoms with Crippen molar-refractivity contribution in [2.75, 3.05) is 18.5 Å². The van der Waals surface area contributed by atoms with Gasteiger partial charge >= 0.3 is 0 Å². The molecule has 1 fully saturated rings. The fourth-order valence-electron chi connectivity index (χ4n) is 2.90. The van der Waals surface area contributed by atoms with Gasteiger partial charge in [0, 0.05) is 11.0 Å². The lowest BCUT2D eigenvalue weighted by molar-refractivity contribution is -0.0195. The van der Waals surface area contributed by atoms with Crippen molar-refractivity contribution in [3.63, 3.8) is 0 Å². The van der Waals surface area contributed by atoms with E-state index in [-0.39, 0.29) is 0 Å². The van der Waals surface area contributed by atoms with Gasteiger partial charge in [0.05, 0.1) is 24.5 Å². The van der Waals surface area contributed by atoms with Gasteiger partial charge in [0.25, 0.3) is 0 Å². The van der Waals surface area contributed by atoms with Crippen LogP contribution in [0.15, 0.2) is 16.6 Å². The Balaban J connectivity index is 1.77. The minimum absolute atomic E-state index is 0.348. The summed E-state index contributed by atoms with van der Waals surface area (Å²) in [5.41, 5.74) is 3.46. The van der Waals surface area contributed by atoms with Crippen molar-refractivity contribution in [2.24, 2.45) is 0 Å². The summed E-state index contributed by atoms with van der Waals surface area (Å²) in [6, 6.07) is 4.22. The second kappa shape index (κ2) is 8.16. The number of benzene rings is 1. The highest BCUT2D eigenvalue weighted by Gasteiger charge is 2.16. The maximum atomic E-state index is 10.1. The zero-order valence-electron chi connectivity index (χ0n) is 13.0. The monoisotopic (exact) mass is 355 g/mol. The highest BCUT2D eigenvalue weighted by atomic mass is 79.9. The summed E-state index contributed by atoms with van der Waals surface area (Å²) in [6.07, 6.45) is 6.00. The van der Waals surface area contributed by atoms with Gasteiger partial charge in [0.1, 0.15) is 0 Å². The Labute approximate surface area is 136 Å². The molecule has 1 aromatic carbocycles. The molecule has 0 aliphatic heterocycles. The fourth-order valence-corrected chi connectivity index (χ4v) is 3.71. The number of hydrogen-bond donors (Lipinski definition) is 2. The predicted molar refractivity (Wildman–Crippen MR) is 90.9 cm³/mol. The average molecular weight is 356 g/mol.